The van der Waals surface area contributed by atoms with Gasteiger partial charge in [0.05, 0.1) is 4.90 Å². The molecule has 1 N–H and O–H groups in total. The number of hydrogen-bond acceptors (Lipinski definition) is 4. The Morgan fingerprint density at radius 3 is 2.80 bits per heavy atom. The van der Waals surface area contributed by atoms with Gasteiger partial charge in [0.2, 0.25) is 10.0 Å². The van der Waals surface area contributed by atoms with Gasteiger partial charge in [0, 0.05) is 38.5 Å². The lowest BCUT2D eigenvalue weighted by Gasteiger charge is -2.30. The first-order chi connectivity index (χ1) is 9.59. The first-order valence-electron chi connectivity index (χ1n) is 7.01. The highest BCUT2D eigenvalue weighted by Gasteiger charge is 2.30. The van der Waals surface area contributed by atoms with Gasteiger partial charge in [0.15, 0.2) is 0 Å². The van der Waals surface area contributed by atoms with Gasteiger partial charge in [-0.2, -0.15) is 4.31 Å². The zero-order chi connectivity index (χ0) is 14.2. The zero-order valence-corrected chi connectivity index (χ0v) is 12.4. The molecule has 0 atom stereocenters. The molecule has 0 aliphatic carbocycles. The van der Waals surface area contributed by atoms with Crippen molar-refractivity contribution in [2.24, 2.45) is 0 Å². The molecule has 2 aliphatic rings. The maximum Gasteiger partial charge on any atom is 0.243 e. The highest BCUT2D eigenvalue weighted by molar-refractivity contribution is 7.89. The first-order valence-corrected chi connectivity index (χ1v) is 8.45. The molecule has 0 bridgehead atoms. The second-order valence-corrected chi connectivity index (χ2v) is 7.36. The number of ether oxygens (including phenoxy) is 1. The largest absolute Gasteiger partial charge is 0.384 e. The Balaban J connectivity index is 1.87. The molecule has 1 aromatic rings. The molecule has 1 saturated heterocycles. The molecule has 0 unspecified atom stereocenters. The van der Waals surface area contributed by atoms with Crippen molar-refractivity contribution in [3.8, 4) is 0 Å². The quantitative estimate of drug-likeness (QED) is 0.917. The van der Waals surface area contributed by atoms with E-state index in [0.29, 0.717) is 18.1 Å². The van der Waals surface area contributed by atoms with Gasteiger partial charge in [0.1, 0.15) is 0 Å². The van der Waals surface area contributed by atoms with Crippen LogP contribution in [0.25, 0.3) is 0 Å². The molecule has 2 aliphatic heterocycles. The summed E-state index contributed by atoms with van der Waals surface area (Å²) in [5.41, 5.74) is 2.14. The lowest BCUT2D eigenvalue weighted by Crippen LogP contribution is -2.40. The van der Waals surface area contributed by atoms with Crippen molar-refractivity contribution in [3.63, 3.8) is 0 Å². The molecular formula is C14H20N2O3S. The van der Waals surface area contributed by atoms with Gasteiger partial charge < -0.3 is 10.1 Å². The third-order valence-electron chi connectivity index (χ3n) is 4.17. The van der Waals surface area contributed by atoms with Crippen LogP contribution >= 0.6 is 0 Å². The van der Waals surface area contributed by atoms with Crippen LogP contribution in [0.5, 0.6) is 0 Å². The van der Waals surface area contributed by atoms with Gasteiger partial charge in [-0.05, 0) is 37.0 Å². The predicted octanol–water partition coefficient (Wildman–Crippen LogP) is 1.45. The molecule has 5 nitrogen and oxygen atoms in total. The molecule has 3 rings (SSSR count). The van der Waals surface area contributed by atoms with Crippen molar-refractivity contribution in [2.45, 2.75) is 30.2 Å². The summed E-state index contributed by atoms with van der Waals surface area (Å²) in [6.45, 7) is 2.15. The van der Waals surface area contributed by atoms with Crippen molar-refractivity contribution in [1.29, 1.82) is 0 Å². The summed E-state index contributed by atoms with van der Waals surface area (Å²) in [7, 11) is -1.75. The Bertz CT molecular complexity index is 594. The van der Waals surface area contributed by atoms with Crippen LogP contribution in [-0.4, -0.2) is 45.6 Å². The SMILES string of the molecule is CN(C1CCOCC1)S(=O)(=O)c1ccc2c(c1)NCC2. The molecule has 6 heteroatoms. The second-order valence-electron chi connectivity index (χ2n) is 5.36. The number of nitrogens with zero attached hydrogens (tertiary/aromatic N) is 1. The van der Waals surface area contributed by atoms with Crippen LogP contribution in [0.1, 0.15) is 18.4 Å². The highest BCUT2D eigenvalue weighted by Crippen LogP contribution is 2.28. The molecule has 0 radical (unpaired) electrons. The van der Waals surface area contributed by atoms with Crippen LogP contribution in [0.3, 0.4) is 0 Å². The number of sulfonamides is 1. The summed E-state index contributed by atoms with van der Waals surface area (Å²) in [5.74, 6) is 0. The number of fused-ring (bicyclic) bond motifs is 1. The van der Waals surface area contributed by atoms with E-state index in [0.717, 1.165) is 31.5 Å². The van der Waals surface area contributed by atoms with E-state index >= 15 is 0 Å². The number of nitrogens with one attached hydrogen (secondary N) is 1. The molecule has 0 aromatic heterocycles. The Labute approximate surface area is 120 Å². The van der Waals surface area contributed by atoms with Gasteiger partial charge in [-0.25, -0.2) is 8.42 Å². The van der Waals surface area contributed by atoms with E-state index in [1.807, 2.05) is 6.07 Å². The van der Waals surface area contributed by atoms with E-state index in [9.17, 15) is 8.42 Å². The van der Waals surface area contributed by atoms with Crippen LogP contribution in [0.4, 0.5) is 5.69 Å². The van der Waals surface area contributed by atoms with E-state index in [2.05, 4.69) is 5.32 Å². The van der Waals surface area contributed by atoms with Gasteiger partial charge in [0.25, 0.3) is 0 Å². The minimum absolute atomic E-state index is 0.0370. The predicted molar refractivity (Wildman–Crippen MR) is 77.4 cm³/mol. The van der Waals surface area contributed by atoms with Crippen molar-refractivity contribution >= 4 is 15.7 Å². The molecular weight excluding hydrogens is 276 g/mol. The maximum atomic E-state index is 12.7. The number of rotatable bonds is 3. The number of anilines is 1. The molecule has 1 aromatic carbocycles. The van der Waals surface area contributed by atoms with Crippen LogP contribution in [0.2, 0.25) is 0 Å². The number of hydrogen-bond donors (Lipinski definition) is 1. The summed E-state index contributed by atoms with van der Waals surface area (Å²) in [5, 5.41) is 3.23. The summed E-state index contributed by atoms with van der Waals surface area (Å²) >= 11 is 0. The van der Waals surface area contributed by atoms with Gasteiger partial charge in [-0.1, -0.05) is 6.07 Å². The van der Waals surface area contributed by atoms with Crippen molar-refractivity contribution in [2.75, 3.05) is 32.1 Å². The standard InChI is InChI=1S/C14H20N2O3S/c1-16(12-5-8-19-9-6-12)20(17,18)13-3-2-11-4-7-15-14(11)10-13/h2-3,10,12,15H,4-9H2,1H3. The Hall–Kier alpha value is -1.11. The summed E-state index contributed by atoms with van der Waals surface area (Å²) < 4.78 is 32.2. The molecule has 20 heavy (non-hydrogen) atoms. The Morgan fingerprint density at radius 1 is 1.30 bits per heavy atom. The average molecular weight is 296 g/mol. The van der Waals surface area contributed by atoms with Crippen molar-refractivity contribution in [1.82, 2.24) is 4.31 Å². The van der Waals surface area contributed by atoms with Crippen LogP contribution in [0.15, 0.2) is 23.1 Å². The van der Waals surface area contributed by atoms with E-state index in [1.54, 1.807) is 19.2 Å². The van der Waals surface area contributed by atoms with Gasteiger partial charge >= 0.3 is 0 Å². The second kappa shape index (κ2) is 5.35. The molecule has 1 fully saturated rings. The minimum Gasteiger partial charge on any atom is -0.384 e. The van der Waals surface area contributed by atoms with Gasteiger partial charge in [-0.3, -0.25) is 0 Å². The van der Waals surface area contributed by atoms with Crippen LogP contribution in [-0.2, 0) is 21.2 Å². The first kappa shape index (κ1) is 13.9. The average Bonchev–Trinajstić information content (AvgIpc) is 2.94. The highest BCUT2D eigenvalue weighted by atomic mass is 32.2. The molecule has 0 saturated carbocycles. The fraction of sp³-hybridized carbons (Fsp3) is 0.571. The zero-order valence-electron chi connectivity index (χ0n) is 11.6. The topological polar surface area (TPSA) is 58.6 Å². The minimum atomic E-state index is -3.42. The summed E-state index contributed by atoms with van der Waals surface area (Å²) in [6.07, 6.45) is 2.49. The number of benzene rings is 1. The van der Waals surface area contributed by atoms with Crippen LogP contribution in [0, 0.1) is 0 Å². The lowest BCUT2D eigenvalue weighted by molar-refractivity contribution is 0.0632. The van der Waals surface area contributed by atoms with Crippen LogP contribution < -0.4 is 5.32 Å². The summed E-state index contributed by atoms with van der Waals surface area (Å²) in [6, 6.07) is 5.43. The third-order valence-corrected chi connectivity index (χ3v) is 6.08. The Morgan fingerprint density at radius 2 is 2.05 bits per heavy atom. The van der Waals surface area contributed by atoms with Crippen molar-refractivity contribution < 1.29 is 13.2 Å². The molecule has 0 amide bonds. The van der Waals surface area contributed by atoms with Crippen molar-refractivity contribution in [3.05, 3.63) is 23.8 Å². The van der Waals surface area contributed by atoms with E-state index in [-0.39, 0.29) is 6.04 Å². The Kier molecular flexibility index (Phi) is 3.70. The molecule has 0 spiro atoms. The monoisotopic (exact) mass is 296 g/mol. The smallest absolute Gasteiger partial charge is 0.243 e. The summed E-state index contributed by atoms with van der Waals surface area (Å²) in [4.78, 5) is 0.375. The van der Waals surface area contributed by atoms with Gasteiger partial charge in [-0.15, -0.1) is 0 Å². The lowest BCUT2D eigenvalue weighted by atomic mass is 10.1. The van der Waals surface area contributed by atoms with E-state index in [1.165, 1.54) is 9.87 Å². The van der Waals surface area contributed by atoms with E-state index < -0.39 is 10.0 Å². The fourth-order valence-electron chi connectivity index (χ4n) is 2.84. The molecule has 2 heterocycles. The molecule has 110 valence electrons. The maximum absolute atomic E-state index is 12.7. The van der Waals surface area contributed by atoms with E-state index in [4.69, 9.17) is 4.74 Å². The normalized spacial score (nSPS) is 19.9. The third kappa shape index (κ3) is 2.43. The fourth-order valence-corrected chi connectivity index (χ4v) is 4.28.